The van der Waals surface area contributed by atoms with Gasteiger partial charge in [0.05, 0.1) is 12.1 Å². The van der Waals surface area contributed by atoms with Crippen molar-refractivity contribution in [1.82, 2.24) is 4.98 Å². The van der Waals surface area contributed by atoms with Crippen molar-refractivity contribution in [1.29, 1.82) is 0 Å². The second-order valence-electron chi connectivity index (χ2n) is 4.68. The van der Waals surface area contributed by atoms with Crippen molar-refractivity contribution in [3.8, 4) is 0 Å². The number of H-pyrrole nitrogens is 1. The fraction of sp³-hybridized carbons (Fsp3) is 0.0625. The van der Waals surface area contributed by atoms with Gasteiger partial charge in [0.15, 0.2) is 0 Å². The van der Waals surface area contributed by atoms with E-state index in [1.54, 1.807) is 18.3 Å². The van der Waals surface area contributed by atoms with Gasteiger partial charge in [-0.25, -0.2) is 4.39 Å². The lowest BCUT2D eigenvalue weighted by atomic mass is 10.1. The molecule has 1 amide bonds. The summed E-state index contributed by atoms with van der Waals surface area (Å²) in [7, 11) is 0. The predicted octanol–water partition coefficient (Wildman–Crippen LogP) is 4.25. The van der Waals surface area contributed by atoms with E-state index < -0.39 is 5.82 Å². The highest BCUT2D eigenvalue weighted by Crippen LogP contribution is 2.25. The van der Waals surface area contributed by atoms with E-state index in [1.165, 1.54) is 6.07 Å². The van der Waals surface area contributed by atoms with Gasteiger partial charge >= 0.3 is 0 Å². The van der Waals surface area contributed by atoms with E-state index in [-0.39, 0.29) is 18.0 Å². The van der Waals surface area contributed by atoms with E-state index in [0.717, 1.165) is 16.5 Å². The maximum Gasteiger partial charge on any atom is 0.228 e. The van der Waals surface area contributed by atoms with Crippen LogP contribution in [-0.2, 0) is 11.2 Å². The number of benzene rings is 2. The van der Waals surface area contributed by atoms with Crippen molar-refractivity contribution in [2.24, 2.45) is 0 Å². The molecule has 3 aromatic rings. The van der Waals surface area contributed by atoms with Crippen LogP contribution in [0.25, 0.3) is 10.9 Å². The van der Waals surface area contributed by atoms with Gasteiger partial charge in [-0.1, -0.05) is 24.3 Å². The fourth-order valence-electron chi connectivity index (χ4n) is 2.25. The van der Waals surface area contributed by atoms with Crippen molar-refractivity contribution in [2.45, 2.75) is 6.42 Å². The van der Waals surface area contributed by atoms with Crippen LogP contribution in [0, 0.1) is 5.82 Å². The minimum atomic E-state index is -0.461. The highest BCUT2D eigenvalue weighted by molar-refractivity contribution is 9.10. The summed E-state index contributed by atoms with van der Waals surface area (Å²) in [4.78, 5) is 15.2. The molecule has 0 radical (unpaired) electrons. The summed E-state index contributed by atoms with van der Waals surface area (Å²) >= 11 is 3.23. The van der Waals surface area contributed by atoms with Gasteiger partial charge in [-0.05, 0) is 39.7 Å². The SMILES string of the molecule is O=C(Cc1c[nH]c2ccccc12)Nc1c(F)cccc1Br. The molecule has 0 aliphatic carbocycles. The first-order chi connectivity index (χ1) is 10.1. The summed E-state index contributed by atoms with van der Waals surface area (Å²) in [5, 5.41) is 3.61. The highest BCUT2D eigenvalue weighted by Gasteiger charge is 2.12. The molecule has 0 unspecified atom stereocenters. The van der Waals surface area contributed by atoms with E-state index in [4.69, 9.17) is 0 Å². The number of fused-ring (bicyclic) bond motifs is 1. The Labute approximate surface area is 129 Å². The summed E-state index contributed by atoms with van der Waals surface area (Å²) in [5.74, 6) is -0.720. The Balaban J connectivity index is 1.81. The third-order valence-electron chi connectivity index (χ3n) is 3.25. The number of carbonyl (C=O) groups excluding carboxylic acids is 1. The molecule has 1 aromatic heterocycles. The van der Waals surface area contributed by atoms with E-state index in [9.17, 15) is 9.18 Å². The lowest BCUT2D eigenvalue weighted by Crippen LogP contribution is -2.15. The number of para-hydroxylation sites is 2. The van der Waals surface area contributed by atoms with Crippen LogP contribution in [0.5, 0.6) is 0 Å². The molecule has 5 heteroatoms. The van der Waals surface area contributed by atoms with Crippen LogP contribution in [0.3, 0.4) is 0 Å². The van der Waals surface area contributed by atoms with Crippen molar-refractivity contribution in [2.75, 3.05) is 5.32 Å². The third kappa shape index (κ3) is 2.83. The molecule has 3 nitrogen and oxygen atoms in total. The maximum absolute atomic E-state index is 13.7. The number of amides is 1. The number of carbonyl (C=O) groups is 1. The summed E-state index contributed by atoms with van der Waals surface area (Å²) < 4.78 is 14.2. The first-order valence-corrected chi connectivity index (χ1v) is 7.23. The monoisotopic (exact) mass is 346 g/mol. The lowest BCUT2D eigenvalue weighted by Gasteiger charge is -2.08. The van der Waals surface area contributed by atoms with Crippen LogP contribution in [0.4, 0.5) is 10.1 Å². The quantitative estimate of drug-likeness (QED) is 0.731. The molecule has 0 aliphatic heterocycles. The molecule has 0 saturated carbocycles. The number of anilines is 1. The van der Waals surface area contributed by atoms with Gasteiger partial charge in [0.2, 0.25) is 5.91 Å². The largest absolute Gasteiger partial charge is 0.361 e. The van der Waals surface area contributed by atoms with Crippen molar-refractivity contribution in [3.63, 3.8) is 0 Å². The van der Waals surface area contributed by atoms with Crippen LogP contribution in [0.15, 0.2) is 53.1 Å². The number of hydrogen-bond donors (Lipinski definition) is 2. The molecule has 0 saturated heterocycles. The van der Waals surface area contributed by atoms with Crippen molar-refractivity contribution < 1.29 is 9.18 Å². The summed E-state index contributed by atoms with van der Waals surface area (Å²) in [6.07, 6.45) is 1.99. The Morgan fingerprint density at radius 3 is 2.81 bits per heavy atom. The average molecular weight is 347 g/mol. The Kier molecular flexibility index (Phi) is 3.75. The van der Waals surface area contributed by atoms with Crippen LogP contribution >= 0.6 is 15.9 Å². The molecular weight excluding hydrogens is 335 g/mol. The Bertz CT molecular complexity index is 793. The van der Waals surface area contributed by atoms with E-state index in [0.29, 0.717) is 4.47 Å². The smallest absolute Gasteiger partial charge is 0.228 e. The first kappa shape index (κ1) is 13.8. The molecule has 2 N–H and O–H groups in total. The zero-order chi connectivity index (χ0) is 14.8. The molecule has 0 spiro atoms. The second kappa shape index (κ2) is 5.69. The third-order valence-corrected chi connectivity index (χ3v) is 3.91. The number of nitrogens with one attached hydrogen (secondary N) is 2. The Morgan fingerprint density at radius 2 is 2.00 bits per heavy atom. The zero-order valence-electron chi connectivity index (χ0n) is 11.0. The van der Waals surface area contributed by atoms with Gasteiger partial charge in [-0.2, -0.15) is 0 Å². The number of aromatic nitrogens is 1. The summed E-state index contributed by atoms with van der Waals surface area (Å²) in [6, 6.07) is 12.3. The standard InChI is InChI=1S/C16H12BrFN2O/c17-12-5-3-6-13(18)16(12)20-15(21)8-10-9-19-14-7-2-1-4-11(10)14/h1-7,9,19H,8H2,(H,20,21). The number of rotatable bonds is 3. The Hall–Kier alpha value is -2.14. The average Bonchev–Trinajstić information content (AvgIpc) is 2.87. The van der Waals surface area contributed by atoms with Gasteiger partial charge in [0.1, 0.15) is 5.82 Å². The summed E-state index contributed by atoms with van der Waals surface area (Å²) in [5.41, 5.74) is 2.03. The van der Waals surface area contributed by atoms with Crippen LogP contribution in [0.1, 0.15) is 5.56 Å². The molecule has 3 rings (SSSR count). The molecular formula is C16H12BrFN2O. The van der Waals surface area contributed by atoms with Gasteiger partial charge in [0, 0.05) is 21.6 Å². The van der Waals surface area contributed by atoms with Gasteiger partial charge < -0.3 is 10.3 Å². The first-order valence-electron chi connectivity index (χ1n) is 6.44. The molecule has 0 atom stereocenters. The Morgan fingerprint density at radius 1 is 1.19 bits per heavy atom. The van der Waals surface area contributed by atoms with E-state index >= 15 is 0 Å². The molecule has 0 aliphatic rings. The molecule has 0 fully saturated rings. The molecule has 0 bridgehead atoms. The number of aromatic amines is 1. The zero-order valence-corrected chi connectivity index (χ0v) is 12.6. The fourth-order valence-corrected chi connectivity index (χ4v) is 2.69. The minimum Gasteiger partial charge on any atom is -0.361 e. The molecule has 21 heavy (non-hydrogen) atoms. The molecule has 106 valence electrons. The second-order valence-corrected chi connectivity index (χ2v) is 5.54. The van der Waals surface area contributed by atoms with Gasteiger partial charge in [-0.15, -0.1) is 0 Å². The number of hydrogen-bond acceptors (Lipinski definition) is 1. The van der Waals surface area contributed by atoms with E-state index in [1.807, 2.05) is 24.3 Å². The van der Waals surface area contributed by atoms with E-state index in [2.05, 4.69) is 26.2 Å². The van der Waals surface area contributed by atoms with Crippen LogP contribution in [-0.4, -0.2) is 10.9 Å². The number of halogens is 2. The topological polar surface area (TPSA) is 44.9 Å². The van der Waals surface area contributed by atoms with Crippen LogP contribution < -0.4 is 5.32 Å². The maximum atomic E-state index is 13.7. The lowest BCUT2D eigenvalue weighted by molar-refractivity contribution is -0.115. The summed E-state index contributed by atoms with van der Waals surface area (Å²) in [6.45, 7) is 0. The van der Waals surface area contributed by atoms with Crippen molar-refractivity contribution >= 4 is 38.4 Å². The normalized spacial score (nSPS) is 10.8. The molecule has 2 aromatic carbocycles. The highest BCUT2D eigenvalue weighted by atomic mass is 79.9. The van der Waals surface area contributed by atoms with Gasteiger partial charge in [0.25, 0.3) is 0 Å². The predicted molar refractivity (Wildman–Crippen MR) is 84.7 cm³/mol. The van der Waals surface area contributed by atoms with Crippen molar-refractivity contribution in [3.05, 3.63) is 64.5 Å². The van der Waals surface area contributed by atoms with Crippen LogP contribution in [0.2, 0.25) is 0 Å². The molecule has 1 heterocycles. The minimum absolute atomic E-state index is 0.169. The van der Waals surface area contributed by atoms with Gasteiger partial charge in [-0.3, -0.25) is 4.79 Å².